The van der Waals surface area contributed by atoms with Gasteiger partial charge in [-0.15, -0.1) is 0 Å². The number of aliphatic carboxylic acids is 1. The molecule has 2 heterocycles. The average Bonchev–Trinajstić information content (AvgIpc) is 2.71. The van der Waals surface area contributed by atoms with Crippen LogP contribution in [0.4, 0.5) is 0 Å². The highest BCUT2D eigenvalue weighted by atomic mass is 32.3. The van der Waals surface area contributed by atoms with Gasteiger partial charge in [-0.3, -0.25) is 9.35 Å². The Morgan fingerprint density at radius 1 is 1.00 bits per heavy atom. The summed E-state index contributed by atoms with van der Waals surface area (Å²) in [5.41, 5.74) is 0. The number of nitrogens with one attached hydrogen (secondary N) is 1. The molecule has 2 saturated heterocycles. The van der Waals surface area contributed by atoms with Crippen molar-refractivity contribution in [3.63, 3.8) is 0 Å². The summed E-state index contributed by atoms with van der Waals surface area (Å²) in [6, 6.07) is -1.38. The van der Waals surface area contributed by atoms with E-state index in [2.05, 4.69) is 9.50 Å². The van der Waals surface area contributed by atoms with Crippen LogP contribution < -0.4 is 5.32 Å². The second-order valence-electron chi connectivity index (χ2n) is 7.22. The van der Waals surface area contributed by atoms with E-state index in [1.165, 1.54) is 0 Å². The van der Waals surface area contributed by atoms with Gasteiger partial charge >= 0.3 is 16.4 Å². The van der Waals surface area contributed by atoms with Crippen LogP contribution in [0.3, 0.4) is 0 Å². The number of carbonyl (C=O) groups excluding carboxylic acids is 1. The first kappa shape index (κ1) is 27.7. The summed E-state index contributed by atoms with van der Waals surface area (Å²) in [4.78, 5) is 23.3. The van der Waals surface area contributed by atoms with E-state index in [4.69, 9.17) is 23.7 Å². The Hall–Kier alpha value is -1.51. The number of ether oxygens (including phenoxy) is 5. The topological polar surface area (TPSA) is 237 Å². The van der Waals surface area contributed by atoms with Crippen LogP contribution in [0.5, 0.6) is 0 Å². The molecule has 0 spiro atoms. The van der Waals surface area contributed by atoms with Crippen LogP contribution in [-0.4, -0.2) is 127 Å². The lowest BCUT2D eigenvalue weighted by atomic mass is 9.95. The lowest BCUT2D eigenvalue weighted by molar-refractivity contribution is -0.337. The molecule has 16 nitrogen and oxygen atoms in total. The number of rotatable bonds is 9. The molecular weight excluding hydrogens is 478 g/mol. The Labute approximate surface area is 188 Å². The molecular formula is C16H27NO15S. The molecule has 192 valence electrons. The van der Waals surface area contributed by atoms with Gasteiger partial charge < -0.3 is 49.4 Å². The molecule has 0 aromatic carbocycles. The maximum atomic E-state index is 11.7. The third-order valence-corrected chi connectivity index (χ3v) is 5.48. The minimum Gasteiger partial charge on any atom is -0.479 e. The van der Waals surface area contributed by atoms with E-state index < -0.39 is 90.2 Å². The third-order valence-electron chi connectivity index (χ3n) is 5.01. The van der Waals surface area contributed by atoms with Crippen LogP contribution >= 0.6 is 0 Å². The molecule has 2 aliphatic heterocycles. The number of aliphatic hydroxyl groups excluding tert-OH is 3. The van der Waals surface area contributed by atoms with E-state index in [0.29, 0.717) is 0 Å². The molecule has 10 atom stereocenters. The smallest absolute Gasteiger partial charge is 0.397 e. The monoisotopic (exact) mass is 505 g/mol. The Kier molecular flexibility index (Phi) is 9.48. The van der Waals surface area contributed by atoms with E-state index in [-0.39, 0.29) is 0 Å². The Balaban J connectivity index is 2.47. The summed E-state index contributed by atoms with van der Waals surface area (Å²) in [6.45, 7) is 0.229. The predicted molar refractivity (Wildman–Crippen MR) is 101 cm³/mol. The maximum Gasteiger partial charge on any atom is 0.397 e. The largest absolute Gasteiger partial charge is 0.479 e. The van der Waals surface area contributed by atoms with Crippen LogP contribution in [0.2, 0.25) is 0 Å². The third kappa shape index (κ3) is 6.55. The molecule has 0 bridgehead atoms. The van der Waals surface area contributed by atoms with Gasteiger partial charge in [0.05, 0.1) is 6.61 Å². The van der Waals surface area contributed by atoms with Gasteiger partial charge in [0.2, 0.25) is 5.91 Å². The minimum atomic E-state index is -5.17. The average molecular weight is 505 g/mol. The Morgan fingerprint density at radius 3 is 2.09 bits per heavy atom. The zero-order valence-electron chi connectivity index (χ0n) is 17.7. The van der Waals surface area contributed by atoms with Gasteiger partial charge in [-0.25, -0.2) is 8.98 Å². The summed E-state index contributed by atoms with van der Waals surface area (Å²) >= 11 is 0. The van der Waals surface area contributed by atoms with E-state index >= 15 is 0 Å². The number of carbonyl (C=O) groups is 2. The van der Waals surface area contributed by atoms with Gasteiger partial charge in [0, 0.05) is 21.1 Å². The maximum absolute atomic E-state index is 11.7. The summed E-state index contributed by atoms with van der Waals surface area (Å²) in [5, 5.41) is 42.1. The number of hydrogen-bond donors (Lipinski definition) is 6. The zero-order chi connectivity index (χ0) is 25.1. The van der Waals surface area contributed by atoms with Crippen LogP contribution in [0.15, 0.2) is 0 Å². The van der Waals surface area contributed by atoms with E-state index in [9.17, 15) is 43.0 Å². The molecule has 6 N–H and O–H groups in total. The van der Waals surface area contributed by atoms with Crippen LogP contribution in [0.25, 0.3) is 0 Å². The number of aliphatic hydroxyl groups is 3. The number of methoxy groups -OCH3 is 2. The zero-order valence-corrected chi connectivity index (χ0v) is 18.5. The van der Waals surface area contributed by atoms with Crippen molar-refractivity contribution in [2.45, 2.75) is 68.3 Å². The second kappa shape index (κ2) is 11.3. The summed E-state index contributed by atoms with van der Waals surface area (Å²) in [7, 11) is -2.93. The van der Waals surface area contributed by atoms with Crippen molar-refractivity contribution in [1.29, 1.82) is 0 Å². The van der Waals surface area contributed by atoms with E-state index in [1.54, 1.807) is 0 Å². The highest BCUT2D eigenvalue weighted by Gasteiger charge is 2.54. The summed E-state index contributed by atoms with van der Waals surface area (Å²) in [5.74, 6) is -2.24. The lowest BCUT2D eigenvalue weighted by Crippen LogP contribution is -2.68. The van der Waals surface area contributed by atoms with Crippen molar-refractivity contribution in [1.82, 2.24) is 5.32 Å². The van der Waals surface area contributed by atoms with Crippen molar-refractivity contribution in [3.05, 3.63) is 0 Å². The van der Waals surface area contributed by atoms with Gasteiger partial charge in [-0.1, -0.05) is 0 Å². The van der Waals surface area contributed by atoms with Gasteiger partial charge in [0.1, 0.15) is 42.7 Å². The first-order valence-electron chi connectivity index (χ1n) is 9.49. The SMILES string of the molecule is CO[C@@H]1OC(CO)[C@H](OS(=O)(=O)O)[C@H](O[C@@H]2OC(C(=O)O)[C@@H](OC)[C@H](O)C2O)C1NC(C)=O. The van der Waals surface area contributed by atoms with E-state index in [0.717, 1.165) is 21.1 Å². The van der Waals surface area contributed by atoms with Crippen LogP contribution in [0, 0.1) is 0 Å². The standard InChI is InChI=1S/C16H27NO15S/c1-5(19)17-7-11(10(32-33(24,25)26)6(4-18)29-15(7)28-3)30-16-9(21)8(20)12(27-2)13(31-16)14(22)23/h6-13,15-16,18,20-21H,4H2,1-3H3,(H,17,19)(H,22,23)(H,24,25,26)/t6?,7?,8-,9?,10+,11-,12+,13?,15-,16-/m1/s1. The molecule has 1 amide bonds. The van der Waals surface area contributed by atoms with Crippen molar-refractivity contribution >= 4 is 22.3 Å². The molecule has 0 aliphatic carbocycles. The summed E-state index contributed by atoms with van der Waals surface area (Å²) < 4.78 is 62.8. The molecule has 33 heavy (non-hydrogen) atoms. The van der Waals surface area contributed by atoms with Gasteiger partial charge in [-0.2, -0.15) is 8.42 Å². The van der Waals surface area contributed by atoms with Gasteiger partial charge in [0.25, 0.3) is 0 Å². The fraction of sp³-hybridized carbons (Fsp3) is 0.875. The van der Waals surface area contributed by atoms with Crippen LogP contribution in [-0.2, 0) is 47.9 Å². The van der Waals surface area contributed by atoms with E-state index in [1.807, 2.05) is 0 Å². The number of hydrogen-bond acceptors (Lipinski definition) is 13. The molecule has 17 heteroatoms. The molecule has 0 aromatic rings. The normalized spacial score (nSPS) is 39.7. The molecule has 0 radical (unpaired) electrons. The molecule has 2 rings (SSSR count). The first-order chi connectivity index (χ1) is 15.3. The predicted octanol–water partition coefficient (Wildman–Crippen LogP) is -4.03. The Morgan fingerprint density at radius 2 is 1.64 bits per heavy atom. The Bertz CT molecular complexity index is 793. The number of amides is 1. The van der Waals surface area contributed by atoms with Crippen molar-refractivity contribution in [2.24, 2.45) is 0 Å². The van der Waals surface area contributed by atoms with Gasteiger partial charge in [-0.05, 0) is 0 Å². The molecule has 4 unspecified atom stereocenters. The highest BCUT2D eigenvalue weighted by molar-refractivity contribution is 7.80. The number of carboxylic acid groups (broad SMARTS) is 1. The van der Waals surface area contributed by atoms with Crippen LogP contribution in [0.1, 0.15) is 6.92 Å². The molecule has 2 aliphatic rings. The minimum absolute atomic E-state index is 0.666. The quantitative estimate of drug-likeness (QED) is 0.164. The van der Waals surface area contributed by atoms with Crippen molar-refractivity contribution < 1.29 is 70.9 Å². The lowest BCUT2D eigenvalue weighted by Gasteiger charge is -2.47. The highest BCUT2D eigenvalue weighted by Crippen LogP contribution is 2.32. The molecule has 0 aromatic heterocycles. The van der Waals surface area contributed by atoms with Gasteiger partial charge in [0.15, 0.2) is 18.7 Å². The van der Waals surface area contributed by atoms with Crippen molar-refractivity contribution in [3.8, 4) is 0 Å². The number of carboxylic acids is 1. The fourth-order valence-corrected chi connectivity index (χ4v) is 4.14. The molecule has 0 saturated carbocycles. The summed E-state index contributed by atoms with van der Waals surface area (Å²) in [6.07, 6.45) is -15.3. The van der Waals surface area contributed by atoms with Crippen molar-refractivity contribution in [2.75, 3.05) is 20.8 Å². The fourth-order valence-electron chi connectivity index (χ4n) is 3.62. The first-order valence-corrected chi connectivity index (χ1v) is 10.9. The second-order valence-corrected chi connectivity index (χ2v) is 8.27. The molecule has 2 fully saturated rings.